The monoisotopic (exact) mass is 345 g/mol. The van der Waals surface area contributed by atoms with Crippen LogP contribution in [0.2, 0.25) is 5.02 Å². The van der Waals surface area contributed by atoms with Crippen molar-refractivity contribution in [1.82, 2.24) is 5.32 Å². The molecule has 2 aromatic carbocycles. The topological polar surface area (TPSA) is 38.3 Å². The lowest BCUT2D eigenvalue weighted by molar-refractivity contribution is 0.0952. The molecule has 3 rings (SSSR count). The van der Waals surface area contributed by atoms with Crippen LogP contribution in [0.1, 0.15) is 20.8 Å². The number of carbonyl (C=O) groups excluding carboxylic acids is 1. The molecule has 0 unspecified atom stereocenters. The molecule has 0 aliphatic carbocycles. The predicted molar refractivity (Wildman–Crippen MR) is 95.7 cm³/mol. The first-order valence-electron chi connectivity index (χ1n) is 7.19. The van der Waals surface area contributed by atoms with Crippen LogP contribution in [-0.2, 0) is 6.54 Å². The van der Waals surface area contributed by atoms with Gasteiger partial charge in [0.1, 0.15) is 10.6 Å². The highest BCUT2D eigenvalue weighted by Gasteiger charge is 2.19. The van der Waals surface area contributed by atoms with Crippen molar-refractivity contribution in [2.24, 2.45) is 0 Å². The minimum atomic E-state index is -0.137. The number of hydrogen-bond acceptors (Lipinski definition) is 3. The van der Waals surface area contributed by atoms with Gasteiger partial charge in [-0.1, -0.05) is 35.9 Å². The van der Waals surface area contributed by atoms with Crippen LogP contribution < -0.4 is 10.1 Å². The molecule has 1 amide bonds. The number of ether oxygens (including phenoxy) is 1. The van der Waals surface area contributed by atoms with E-state index in [9.17, 15) is 4.79 Å². The summed E-state index contributed by atoms with van der Waals surface area (Å²) in [6.45, 7) is 2.52. The van der Waals surface area contributed by atoms with Gasteiger partial charge in [0, 0.05) is 21.7 Å². The zero-order valence-electron chi connectivity index (χ0n) is 12.9. The van der Waals surface area contributed by atoms with Gasteiger partial charge in [-0.3, -0.25) is 4.79 Å². The lowest BCUT2D eigenvalue weighted by atomic mass is 10.1. The number of carbonyl (C=O) groups is 1. The molecule has 0 atom stereocenters. The minimum Gasteiger partial charge on any atom is -0.494 e. The molecule has 0 saturated heterocycles. The van der Waals surface area contributed by atoms with Crippen molar-refractivity contribution in [3.63, 3.8) is 0 Å². The summed E-state index contributed by atoms with van der Waals surface area (Å²) in [5, 5.41) is 4.46. The number of rotatable bonds is 4. The van der Waals surface area contributed by atoms with E-state index in [1.807, 2.05) is 49.4 Å². The molecule has 3 nitrogen and oxygen atoms in total. The molecule has 0 saturated carbocycles. The molecule has 118 valence electrons. The molecule has 0 bridgehead atoms. The maximum absolute atomic E-state index is 12.5. The standard InChI is InChI=1S/C18H16ClNO2S/c1-11-5-3-4-6-12(11)10-20-18(21)17-16(22-2)14-9-13(19)7-8-15(14)23-17/h3-9H,10H2,1-2H3,(H,20,21). The van der Waals surface area contributed by atoms with Crippen LogP contribution in [0, 0.1) is 6.92 Å². The molecule has 5 heteroatoms. The van der Waals surface area contributed by atoms with Gasteiger partial charge in [0.15, 0.2) is 0 Å². The number of amides is 1. The number of fused-ring (bicyclic) bond motifs is 1. The average molecular weight is 346 g/mol. The summed E-state index contributed by atoms with van der Waals surface area (Å²) < 4.78 is 6.42. The number of halogens is 1. The number of methoxy groups -OCH3 is 1. The predicted octanol–water partition coefficient (Wildman–Crippen LogP) is 4.80. The smallest absolute Gasteiger partial charge is 0.265 e. The normalized spacial score (nSPS) is 10.7. The van der Waals surface area contributed by atoms with Gasteiger partial charge in [-0.2, -0.15) is 0 Å². The summed E-state index contributed by atoms with van der Waals surface area (Å²) in [5.74, 6) is 0.442. The fourth-order valence-corrected chi connectivity index (χ4v) is 3.70. The molecule has 0 fully saturated rings. The van der Waals surface area contributed by atoms with E-state index in [2.05, 4.69) is 5.32 Å². The van der Waals surface area contributed by atoms with Crippen molar-refractivity contribution in [2.75, 3.05) is 7.11 Å². The Bertz CT molecular complexity index is 873. The van der Waals surface area contributed by atoms with Gasteiger partial charge in [0.2, 0.25) is 0 Å². The minimum absolute atomic E-state index is 0.137. The van der Waals surface area contributed by atoms with E-state index in [1.165, 1.54) is 11.3 Å². The van der Waals surface area contributed by atoms with E-state index in [0.29, 0.717) is 22.2 Å². The van der Waals surface area contributed by atoms with Gasteiger partial charge in [-0.15, -0.1) is 11.3 Å². The molecule has 0 aliphatic rings. The molecule has 1 N–H and O–H groups in total. The van der Waals surface area contributed by atoms with Gasteiger partial charge in [0.05, 0.1) is 7.11 Å². The van der Waals surface area contributed by atoms with Crippen LogP contribution in [0.5, 0.6) is 5.75 Å². The third-order valence-corrected chi connectivity index (χ3v) is 5.10. The Kier molecular flexibility index (Phi) is 4.55. The summed E-state index contributed by atoms with van der Waals surface area (Å²) in [5.41, 5.74) is 2.26. The second kappa shape index (κ2) is 6.60. The second-order valence-electron chi connectivity index (χ2n) is 5.21. The molecule has 23 heavy (non-hydrogen) atoms. The van der Waals surface area contributed by atoms with Crippen LogP contribution in [0.15, 0.2) is 42.5 Å². The van der Waals surface area contributed by atoms with E-state index >= 15 is 0 Å². The Labute approximate surface area is 143 Å². The van der Waals surface area contributed by atoms with Gasteiger partial charge in [-0.25, -0.2) is 0 Å². The Hall–Kier alpha value is -2.04. The van der Waals surface area contributed by atoms with Crippen LogP contribution in [0.4, 0.5) is 0 Å². The van der Waals surface area contributed by atoms with Gasteiger partial charge in [-0.05, 0) is 36.2 Å². The Morgan fingerprint density at radius 1 is 1.26 bits per heavy atom. The SMILES string of the molecule is COc1c(C(=O)NCc2ccccc2C)sc2ccc(Cl)cc12. The van der Waals surface area contributed by atoms with Gasteiger partial charge in [0.25, 0.3) is 5.91 Å². The third kappa shape index (κ3) is 3.19. The zero-order chi connectivity index (χ0) is 16.4. The van der Waals surface area contributed by atoms with Gasteiger partial charge >= 0.3 is 0 Å². The maximum atomic E-state index is 12.5. The van der Waals surface area contributed by atoms with Crippen molar-refractivity contribution >= 4 is 38.9 Å². The average Bonchev–Trinajstić information content (AvgIpc) is 2.91. The fraction of sp³-hybridized carbons (Fsp3) is 0.167. The molecule has 1 aromatic heterocycles. The van der Waals surface area contributed by atoms with E-state index in [4.69, 9.17) is 16.3 Å². The van der Waals surface area contributed by atoms with Gasteiger partial charge < -0.3 is 10.1 Å². The first-order valence-corrected chi connectivity index (χ1v) is 8.38. The molecular weight excluding hydrogens is 330 g/mol. The van der Waals surface area contributed by atoms with Crippen LogP contribution >= 0.6 is 22.9 Å². The molecule has 1 heterocycles. The lowest BCUT2D eigenvalue weighted by Crippen LogP contribution is -2.22. The first kappa shape index (κ1) is 15.8. The number of aryl methyl sites for hydroxylation is 1. The summed E-state index contributed by atoms with van der Waals surface area (Å²) in [4.78, 5) is 13.1. The number of nitrogens with one attached hydrogen (secondary N) is 1. The van der Waals surface area contributed by atoms with E-state index in [1.54, 1.807) is 7.11 Å². The molecule has 0 aliphatic heterocycles. The van der Waals surface area contributed by atoms with Crippen molar-refractivity contribution in [1.29, 1.82) is 0 Å². The number of thiophene rings is 1. The van der Waals surface area contributed by atoms with Crippen LogP contribution in [0.25, 0.3) is 10.1 Å². The highest BCUT2D eigenvalue weighted by molar-refractivity contribution is 7.21. The Morgan fingerprint density at radius 2 is 2.04 bits per heavy atom. The van der Waals surface area contributed by atoms with Crippen LogP contribution in [0.3, 0.4) is 0 Å². The summed E-state index contributed by atoms with van der Waals surface area (Å²) >= 11 is 7.45. The van der Waals surface area contributed by atoms with E-state index in [0.717, 1.165) is 21.2 Å². The molecule has 0 spiro atoms. The highest BCUT2D eigenvalue weighted by Crippen LogP contribution is 2.38. The maximum Gasteiger partial charge on any atom is 0.265 e. The van der Waals surface area contributed by atoms with Crippen molar-refractivity contribution in [3.8, 4) is 5.75 Å². The summed E-state index contributed by atoms with van der Waals surface area (Å²) in [7, 11) is 1.57. The van der Waals surface area contributed by atoms with Crippen molar-refractivity contribution in [3.05, 3.63) is 63.5 Å². The second-order valence-corrected chi connectivity index (χ2v) is 6.70. The summed E-state index contributed by atoms with van der Waals surface area (Å²) in [6, 6.07) is 13.5. The fourth-order valence-electron chi connectivity index (χ4n) is 2.46. The van der Waals surface area contributed by atoms with Crippen LogP contribution in [-0.4, -0.2) is 13.0 Å². The van der Waals surface area contributed by atoms with E-state index in [-0.39, 0.29) is 5.91 Å². The largest absolute Gasteiger partial charge is 0.494 e. The zero-order valence-corrected chi connectivity index (χ0v) is 14.4. The van der Waals surface area contributed by atoms with Crippen molar-refractivity contribution in [2.45, 2.75) is 13.5 Å². The number of hydrogen-bond donors (Lipinski definition) is 1. The third-order valence-electron chi connectivity index (χ3n) is 3.72. The van der Waals surface area contributed by atoms with E-state index < -0.39 is 0 Å². The summed E-state index contributed by atoms with van der Waals surface area (Å²) in [6.07, 6.45) is 0. The molecular formula is C18H16ClNO2S. The Balaban J connectivity index is 1.87. The molecule has 0 radical (unpaired) electrons. The molecule has 3 aromatic rings. The first-order chi connectivity index (χ1) is 11.1. The Morgan fingerprint density at radius 3 is 2.78 bits per heavy atom. The highest BCUT2D eigenvalue weighted by atomic mass is 35.5. The van der Waals surface area contributed by atoms with Crippen molar-refractivity contribution < 1.29 is 9.53 Å². The number of benzene rings is 2. The quantitative estimate of drug-likeness (QED) is 0.737. The lowest BCUT2D eigenvalue weighted by Gasteiger charge is -2.08.